The zero-order valence-electron chi connectivity index (χ0n) is 17.4. The molecule has 4 rings (SSSR count). The van der Waals surface area contributed by atoms with Crippen molar-refractivity contribution in [1.82, 2.24) is 19.9 Å². The molecule has 0 radical (unpaired) electrons. The summed E-state index contributed by atoms with van der Waals surface area (Å²) in [6, 6.07) is 5.59. The van der Waals surface area contributed by atoms with Crippen LogP contribution in [-0.2, 0) is 4.79 Å². The number of amides is 1. The summed E-state index contributed by atoms with van der Waals surface area (Å²) in [5.41, 5.74) is 8.12. The molecule has 0 spiro atoms. The molecule has 2 aliphatic heterocycles. The van der Waals surface area contributed by atoms with Crippen LogP contribution in [0.1, 0.15) is 17.2 Å². The summed E-state index contributed by atoms with van der Waals surface area (Å²) in [7, 11) is 5.26. The number of nitrogens with zero attached hydrogens (tertiary/aromatic N) is 5. The average molecular weight is 410 g/mol. The second-order valence-corrected chi connectivity index (χ2v) is 7.51. The molecule has 9 nitrogen and oxygen atoms in total. The van der Waals surface area contributed by atoms with E-state index in [1.165, 1.54) is 12.4 Å². The monoisotopic (exact) mass is 410 g/mol. The van der Waals surface area contributed by atoms with E-state index in [0.29, 0.717) is 36.3 Å². The van der Waals surface area contributed by atoms with Crippen molar-refractivity contribution in [2.75, 3.05) is 51.6 Å². The highest BCUT2D eigenvalue weighted by Crippen LogP contribution is 2.45. The normalized spacial score (nSPS) is 18.7. The molecule has 1 aromatic carbocycles. The third-order valence-electron chi connectivity index (χ3n) is 5.73. The average Bonchev–Trinajstić information content (AvgIpc) is 3.01. The summed E-state index contributed by atoms with van der Waals surface area (Å²) in [5.74, 6) is 2.92. The minimum Gasteiger partial charge on any atom is -0.497 e. The van der Waals surface area contributed by atoms with Gasteiger partial charge in [0.05, 0.1) is 25.8 Å². The van der Waals surface area contributed by atoms with Crippen LogP contribution in [0.2, 0.25) is 0 Å². The summed E-state index contributed by atoms with van der Waals surface area (Å²) in [4.78, 5) is 22.3. The van der Waals surface area contributed by atoms with Crippen molar-refractivity contribution in [3.8, 4) is 11.5 Å². The number of carbonyl (C=O) groups excluding carboxylic acids is 1. The summed E-state index contributed by atoms with van der Waals surface area (Å²) in [5, 5.41) is 4.23. The van der Waals surface area contributed by atoms with Crippen LogP contribution >= 0.6 is 0 Å². The van der Waals surface area contributed by atoms with Gasteiger partial charge in [0.25, 0.3) is 0 Å². The maximum absolute atomic E-state index is 11.8. The number of benzene rings is 1. The molecule has 9 heteroatoms. The van der Waals surface area contributed by atoms with Crippen LogP contribution in [0.4, 0.5) is 11.6 Å². The molecular formula is C21H26N6O3. The molecule has 1 fully saturated rings. The molecule has 0 aliphatic carbocycles. The zero-order chi connectivity index (χ0) is 21.4. The number of hydrogen-bond donors (Lipinski definition) is 1. The first kappa shape index (κ1) is 20.0. The van der Waals surface area contributed by atoms with E-state index in [9.17, 15) is 4.79 Å². The molecule has 1 unspecified atom stereocenters. The van der Waals surface area contributed by atoms with Crippen LogP contribution in [0.25, 0.3) is 0 Å². The van der Waals surface area contributed by atoms with E-state index >= 15 is 0 Å². The van der Waals surface area contributed by atoms with Gasteiger partial charge in [-0.15, -0.1) is 0 Å². The number of carbonyl (C=O) groups is 1. The quantitative estimate of drug-likeness (QED) is 0.716. The van der Waals surface area contributed by atoms with Crippen molar-refractivity contribution < 1.29 is 14.3 Å². The third kappa shape index (κ3) is 3.30. The van der Waals surface area contributed by atoms with Gasteiger partial charge in [0.15, 0.2) is 5.82 Å². The smallest absolute Gasteiger partial charge is 0.245 e. The van der Waals surface area contributed by atoms with Crippen molar-refractivity contribution in [3.63, 3.8) is 0 Å². The molecule has 2 aliphatic rings. The summed E-state index contributed by atoms with van der Waals surface area (Å²) >= 11 is 0. The van der Waals surface area contributed by atoms with E-state index in [-0.39, 0.29) is 11.9 Å². The van der Waals surface area contributed by atoms with Crippen LogP contribution in [-0.4, -0.2) is 66.7 Å². The first-order valence-corrected chi connectivity index (χ1v) is 9.71. The molecule has 1 saturated heterocycles. The van der Waals surface area contributed by atoms with Crippen molar-refractivity contribution >= 4 is 17.5 Å². The molecule has 3 heterocycles. The largest absolute Gasteiger partial charge is 0.497 e. The topological polar surface area (TPSA) is 97.1 Å². The van der Waals surface area contributed by atoms with Gasteiger partial charge in [-0.2, -0.15) is 0 Å². The fourth-order valence-corrected chi connectivity index (χ4v) is 4.17. The fourth-order valence-electron chi connectivity index (χ4n) is 4.17. The Morgan fingerprint density at radius 3 is 2.50 bits per heavy atom. The second kappa shape index (κ2) is 7.83. The van der Waals surface area contributed by atoms with Crippen molar-refractivity contribution in [1.29, 1.82) is 0 Å². The predicted octanol–water partition coefficient (Wildman–Crippen LogP) is 1.48. The number of hydrogen-bond acceptors (Lipinski definition) is 8. The minimum absolute atomic E-state index is 0.0330. The maximum Gasteiger partial charge on any atom is 0.245 e. The fraction of sp³-hybridized carbons (Fsp3) is 0.381. The highest BCUT2D eigenvalue weighted by molar-refractivity contribution is 5.87. The Morgan fingerprint density at radius 1 is 1.23 bits per heavy atom. The van der Waals surface area contributed by atoms with Gasteiger partial charge in [-0.1, -0.05) is 6.58 Å². The van der Waals surface area contributed by atoms with E-state index in [1.807, 2.05) is 25.2 Å². The van der Waals surface area contributed by atoms with Crippen LogP contribution in [0.3, 0.4) is 0 Å². The van der Waals surface area contributed by atoms with Gasteiger partial charge in [0.2, 0.25) is 5.91 Å². The highest BCUT2D eigenvalue weighted by Gasteiger charge is 2.41. The van der Waals surface area contributed by atoms with Gasteiger partial charge in [0, 0.05) is 38.7 Å². The van der Waals surface area contributed by atoms with Crippen molar-refractivity contribution in [2.24, 2.45) is 5.92 Å². The molecule has 158 valence electrons. The number of ether oxygens (including phenoxy) is 2. The van der Waals surface area contributed by atoms with Crippen LogP contribution in [0.15, 0.2) is 37.2 Å². The maximum atomic E-state index is 11.8. The Balaban J connectivity index is 1.66. The van der Waals surface area contributed by atoms with Crippen molar-refractivity contribution in [2.45, 2.75) is 6.04 Å². The number of hydrazine groups is 1. The van der Waals surface area contributed by atoms with Crippen molar-refractivity contribution in [3.05, 3.63) is 48.3 Å². The van der Waals surface area contributed by atoms with Gasteiger partial charge in [-0.25, -0.2) is 15.0 Å². The Hall–Kier alpha value is -3.33. The summed E-state index contributed by atoms with van der Waals surface area (Å²) in [6.45, 7) is 5.67. The lowest BCUT2D eigenvalue weighted by atomic mass is 9.99. The SMILES string of the molecule is C=CC(=O)N1CC(CN2c3ncnc(N)c3C(c3cc(OC)cc(OC)c3)N2C)C1. The molecule has 1 amide bonds. The van der Waals surface area contributed by atoms with E-state index in [0.717, 1.165) is 23.5 Å². The molecule has 2 N–H and O–H groups in total. The lowest BCUT2D eigenvalue weighted by Crippen LogP contribution is -2.55. The molecular weight excluding hydrogens is 384 g/mol. The molecule has 1 aromatic heterocycles. The second-order valence-electron chi connectivity index (χ2n) is 7.51. The van der Waals surface area contributed by atoms with Gasteiger partial charge < -0.3 is 20.1 Å². The van der Waals surface area contributed by atoms with Gasteiger partial charge in [0.1, 0.15) is 23.6 Å². The Kier molecular flexibility index (Phi) is 5.21. The molecule has 0 saturated carbocycles. The first-order chi connectivity index (χ1) is 14.5. The summed E-state index contributed by atoms with van der Waals surface area (Å²) in [6.07, 6.45) is 2.84. The number of fused-ring (bicyclic) bond motifs is 1. The highest BCUT2D eigenvalue weighted by atomic mass is 16.5. The number of aromatic nitrogens is 2. The van der Waals surface area contributed by atoms with E-state index in [1.54, 1.807) is 19.1 Å². The lowest BCUT2D eigenvalue weighted by molar-refractivity contribution is -0.131. The van der Waals surface area contributed by atoms with Crippen LogP contribution in [0, 0.1) is 5.92 Å². The van der Waals surface area contributed by atoms with Gasteiger partial charge >= 0.3 is 0 Å². The minimum atomic E-state index is -0.184. The van der Waals surface area contributed by atoms with Gasteiger partial charge in [-0.05, 0) is 23.8 Å². The number of likely N-dealkylation sites (tertiary alicyclic amines) is 1. The summed E-state index contributed by atoms with van der Waals surface area (Å²) < 4.78 is 10.9. The lowest BCUT2D eigenvalue weighted by Gasteiger charge is -2.42. The molecule has 30 heavy (non-hydrogen) atoms. The first-order valence-electron chi connectivity index (χ1n) is 9.71. The Labute approximate surface area is 175 Å². The number of nitrogens with two attached hydrogens (primary N) is 1. The Bertz CT molecular complexity index is 953. The Morgan fingerprint density at radius 2 is 1.90 bits per heavy atom. The number of rotatable bonds is 6. The molecule has 2 aromatic rings. The molecule has 0 bridgehead atoms. The third-order valence-corrected chi connectivity index (χ3v) is 5.73. The zero-order valence-corrected chi connectivity index (χ0v) is 17.4. The predicted molar refractivity (Wildman–Crippen MR) is 113 cm³/mol. The van der Waals surface area contributed by atoms with E-state index < -0.39 is 0 Å². The van der Waals surface area contributed by atoms with E-state index in [2.05, 4.69) is 26.6 Å². The standard InChI is InChI=1S/C21H26N6O3/c1-5-17(28)26-9-13(10-26)11-27-21-18(20(22)23-12-24-21)19(25(27)2)14-6-15(29-3)8-16(7-14)30-4/h5-8,12-13,19H,1,9-11H2,2-4H3,(H2,22,23,24). The number of nitrogen functional groups attached to an aromatic ring is 1. The van der Waals surface area contributed by atoms with Crippen LogP contribution in [0.5, 0.6) is 11.5 Å². The number of anilines is 2. The molecule has 1 atom stereocenters. The van der Waals surface area contributed by atoms with Gasteiger partial charge in [-0.3, -0.25) is 9.80 Å². The van der Waals surface area contributed by atoms with Crippen LogP contribution < -0.4 is 20.2 Å². The number of methoxy groups -OCH3 is 2. The van der Waals surface area contributed by atoms with E-state index in [4.69, 9.17) is 15.2 Å².